The second-order valence-corrected chi connectivity index (χ2v) is 5.24. The van der Waals surface area contributed by atoms with E-state index in [2.05, 4.69) is 13.8 Å². The van der Waals surface area contributed by atoms with E-state index in [-0.39, 0.29) is 0 Å². The zero-order valence-corrected chi connectivity index (χ0v) is 9.52. The number of rotatable bonds is 0. The van der Waals surface area contributed by atoms with Crippen molar-refractivity contribution in [3.05, 3.63) is 11.1 Å². The average Bonchev–Trinajstić information content (AvgIpc) is 2.16. The van der Waals surface area contributed by atoms with Gasteiger partial charge in [-0.2, -0.15) is 0 Å². The average molecular weight is 192 g/mol. The highest BCUT2D eigenvalue weighted by Crippen LogP contribution is 2.51. The summed E-state index contributed by atoms with van der Waals surface area (Å²) >= 11 is 0. The van der Waals surface area contributed by atoms with Crippen LogP contribution < -0.4 is 0 Å². The Morgan fingerprint density at radius 3 is 2.79 bits per heavy atom. The number of Topliss-reactive ketones (excluding diaryl/α,β-unsaturated/α-hetero) is 1. The van der Waals surface area contributed by atoms with E-state index in [1.165, 1.54) is 24.8 Å². The molecule has 1 heteroatoms. The van der Waals surface area contributed by atoms with Crippen molar-refractivity contribution in [2.45, 2.75) is 52.9 Å². The van der Waals surface area contributed by atoms with Gasteiger partial charge in [0.2, 0.25) is 0 Å². The summed E-state index contributed by atoms with van der Waals surface area (Å²) in [7, 11) is 0. The van der Waals surface area contributed by atoms with Crippen molar-refractivity contribution < 1.29 is 4.79 Å². The molecule has 1 saturated carbocycles. The molecule has 2 aliphatic carbocycles. The van der Waals surface area contributed by atoms with Gasteiger partial charge in [-0.25, -0.2) is 0 Å². The number of hydrogen-bond donors (Lipinski definition) is 0. The molecule has 0 bridgehead atoms. The van der Waals surface area contributed by atoms with Crippen LogP contribution in [0.4, 0.5) is 0 Å². The lowest BCUT2D eigenvalue weighted by atomic mass is 9.59. The summed E-state index contributed by atoms with van der Waals surface area (Å²) in [5.74, 6) is 1.15. The Bertz CT molecular complexity index is 300. The Labute approximate surface area is 86.6 Å². The van der Waals surface area contributed by atoms with Crippen molar-refractivity contribution in [2.24, 2.45) is 11.3 Å². The van der Waals surface area contributed by atoms with Crippen molar-refractivity contribution in [3.8, 4) is 0 Å². The molecule has 2 atom stereocenters. The summed E-state index contributed by atoms with van der Waals surface area (Å²) in [6, 6.07) is 0. The highest BCUT2D eigenvalue weighted by molar-refractivity contribution is 5.96. The van der Waals surface area contributed by atoms with Crippen LogP contribution in [0.1, 0.15) is 52.9 Å². The van der Waals surface area contributed by atoms with Crippen LogP contribution in [0.2, 0.25) is 0 Å². The SMILES string of the molecule is CC1=C2CCCC(C)C2(C)CCC1=O. The molecule has 2 aliphatic rings. The number of ketones is 1. The fraction of sp³-hybridized carbons (Fsp3) is 0.769. The molecule has 0 amide bonds. The number of fused-ring (bicyclic) bond motifs is 1. The van der Waals surface area contributed by atoms with E-state index in [1.54, 1.807) is 0 Å². The topological polar surface area (TPSA) is 17.1 Å². The lowest BCUT2D eigenvalue weighted by Crippen LogP contribution is -2.36. The quantitative estimate of drug-likeness (QED) is 0.574. The maximum Gasteiger partial charge on any atom is 0.158 e. The van der Waals surface area contributed by atoms with Crippen LogP contribution in [0.25, 0.3) is 0 Å². The fourth-order valence-electron chi connectivity index (χ4n) is 3.23. The molecule has 0 spiro atoms. The number of carbonyl (C=O) groups is 1. The maximum atomic E-state index is 11.6. The van der Waals surface area contributed by atoms with Crippen molar-refractivity contribution in [1.29, 1.82) is 0 Å². The first-order valence-electron chi connectivity index (χ1n) is 5.79. The van der Waals surface area contributed by atoms with Gasteiger partial charge in [0.25, 0.3) is 0 Å². The van der Waals surface area contributed by atoms with Crippen molar-refractivity contribution in [1.82, 2.24) is 0 Å². The minimum atomic E-state index is 0.343. The van der Waals surface area contributed by atoms with Gasteiger partial charge in [-0.05, 0) is 49.5 Å². The predicted octanol–water partition coefficient (Wildman–Crippen LogP) is 3.49. The molecule has 2 unspecified atom stereocenters. The molecule has 1 nitrogen and oxygen atoms in total. The largest absolute Gasteiger partial charge is 0.295 e. The van der Waals surface area contributed by atoms with E-state index in [0.717, 1.165) is 24.3 Å². The molecule has 0 aromatic carbocycles. The number of carbonyl (C=O) groups excluding carboxylic acids is 1. The summed E-state index contributed by atoms with van der Waals surface area (Å²) in [6.45, 7) is 6.75. The molecule has 0 heterocycles. The smallest absolute Gasteiger partial charge is 0.158 e. The lowest BCUT2D eigenvalue weighted by molar-refractivity contribution is -0.117. The van der Waals surface area contributed by atoms with Gasteiger partial charge in [0.05, 0.1) is 0 Å². The maximum absolute atomic E-state index is 11.6. The molecule has 78 valence electrons. The fourth-order valence-corrected chi connectivity index (χ4v) is 3.23. The van der Waals surface area contributed by atoms with Gasteiger partial charge in [-0.15, -0.1) is 0 Å². The second kappa shape index (κ2) is 3.22. The second-order valence-electron chi connectivity index (χ2n) is 5.24. The zero-order chi connectivity index (χ0) is 10.3. The minimum Gasteiger partial charge on any atom is -0.295 e. The van der Waals surface area contributed by atoms with Crippen molar-refractivity contribution >= 4 is 5.78 Å². The molecule has 0 aliphatic heterocycles. The van der Waals surface area contributed by atoms with Gasteiger partial charge in [0.1, 0.15) is 0 Å². The van der Waals surface area contributed by atoms with Gasteiger partial charge in [0, 0.05) is 6.42 Å². The van der Waals surface area contributed by atoms with Crippen molar-refractivity contribution in [2.75, 3.05) is 0 Å². The van der Waals surface area contributed by atoms with E-state index < -0.39 is 0 Å². The summed E-state index contributed by atoms with van der Waals surface area (Å²) in [5, 5.41) is 0. The Morgan fingerprint density at radius 2 is 2.07 bits per heavy atom. The Balaban J connectivity index is 2.45. The first-order valence-corrected chi connectivity index (χ1v) is 5.79. The lowest BCUT2D eigenvalue weighted by Gasteiger charge is -2.45. The van der Waals surface area contributed by atoms with E-state index in [0.29, 0.717) is 11.2 Å². The zero-order valence-electron chi connectivity index (χ0n) is 9.52. The first kappa shape index (κ1) is 9.95. The molecular weight excluding hydrogens is 172 g/mol. The Morgan fingerprint density at radius 1 is 1.36 bits per heavy atom. The number of allylic oxidation sites excluding steroid dienone is 2. The van der Waals surface area contributed by atoms with E-state index in [1.807, 2.05) is 6.92 Å². The molecule has 0 aromatic rings. The first-order chi connectivity index (χ1) is 6.55. The van der Waals surface area contributed by atoms with Crippen molar-refractivity contribution in [3.63, 3.8) is 0 Å². The van der Waals surface area contributed by atoms with Crippen LogP contribution in [-0.2, 0) is 4.79 Å². The summed E-state index contributed by atoms with van der Waals surface area (Å²) in [4.78, 5) is 11.6. The van der Waals surface area contributed by atoms with Gasteiger partial charge in [0.15, 0.2) is 5.78 Å². The van der Waals surface area contributed by atoms with E-state index >= 15 is 0 Å². The molecule has 1 fully saturated rings. The van der Waals surface area contributed by atoms with E-state index in [4.69, 9.17) is 0 Å². The van der Waals surface area contributed by atoms with Gasteiger partial charge >= 0.3 is 0 Å². The highest BCUT2D eigenvalue weighted by Gasteiger charge is 2.41. The van der Waals surface area contributed by atoms with Gasteiger partial charge in [-0.3, -0.25) is 4.79 Å². The predicted molar refractivity (Wildman–Crippen MR) is 58.1 cm³/mol. The van der Waals surface area contributed by atoms with E-state index in [9.17, 15) is 4.79 Å². The highest BCUT2D eigenvalue weighted by atomic mass is 16.1. The van der Waals surface area contributed by atoms with Gasteiger partial charge < -0.3 is 0 Å². The molecule has 0 aromatic heterocycles. The van der Waals surface area contributed by atoms with Crippen LogP contribution in [0.15, 0.2) is 11.1 Å². The minimum absolute atomic E-state index is 0.343. The third-order valence-corrected chi connectivity index (χ3v) is 4.58. The standard InChI is InChI=1S/C13H20O/c1-9-5-4-6-11-10(2)12(14)7-8-13(9,11)3/h9H,4-8H2,1-3H3. The summed E-state index contributed by atoms with van der Waals surface area (Å²) in [5.41, 5.74) is 2.91. The Hall–Kier alpha value is -0.590. The number of hydrogen-bond acceptors (Lipinski definition) is 1. The van der Waals surface area contributed by atoms with Gasteiger partial charge in [-0.1, -0.05) is 19.4 Å². The molecular formula is C13H20O. The third kappa shape index (κ3) is 1.25. The third-order valence-electron chi connectivity index (χ3n) is 4.58. The van der Waals surface area contributed by atoms with Crippen LogP contribution in [0, 0.1) is 11.3 Å². The molecule has 0 radical (unpaired) electrons. The van der Waals surface area contributed by atoms with Crippen LogP contribution >= 0.6 is 0 Å². The summed E-state index contributed by atoms with van der Waals surface area (Å²) in [6.07, 6.45) is 5.63. The summed E-state index contributed by atoms with van der Waals surface area (Å²) < 4.78 is 0. The molecule has 0 N–H and O–H groups in total. The molecule has 14 heavy (non-hydrogen) atoms. The van der Waals surface area contributed by atoms with Crippen LogP contribution in [0.3, 0.4) is 0 Å². The van der Waals surface area contributed by atoms with Crippen LogP contribution in [0.5, 0.6) is 0 Å². The normalized spacial score (nSPS) is 38.5. The molecule has 2 rings (SSSR count). The Kier molecular flexibility index (Phi) is 2.29. The molecule has 0 saturated heterocycles. The van der Waals surface area contributed by atoms with Crippen LogP contribution in [-0.4, -0.2) is 5.78 Å². The monoisotopic (exact) mass is 192 g/mol.